The number of alkyl halides is 3. The van der Waals surface area contributed by atoms with Crippen LogP contribution in [0.25, 0.3) is 0 Å². The standard InChI is InChI=1S/C10H18BrF2NO/c1-7(2)8(3)10(15)14(5-4-11)6-9(12)13/h7-9H,4-6H2,1-3H3. The Bertz CT molecular complexity index is 200. The van der Waals surface area contributed by atoms with Crippen molar-refractivity contribution in [2.24, 2.45) is 11.8 Å². The molecule has 0 aliphatic rings. The molecule has 5 heteroatoms. The Morgan fingerprint density at radius 1 is 1.33 bits per heavy atom. The molecule has 90 valence electrons. The summed E-state index contributed by atoms with van der Waals surface area (Å²) in [5, 5.41) is 0.524. The van der Waals surface area contributed by atoms with Gasteiger partial charge in [-0.3, -0.25) is 4.79 Å². The molecule has 2 nitrogen and oxygen atoms in total. The van der Waals surface area contributed by atoms with Crippen molar-refractivity contribution in [3.63, 3.8) is 0 Å². The lowest BCUT2D eigenvalue weighted by atomic mass is 9.96. The molecule has 1 unspecified atom stereocenters. The van der Waals surface area contributed by atoms with Crippen molar-refractivity contribution in [3.05, 3.63) is 0 Å². The number of amides is 1. The minimum atomic E-state index is -2.47. The van der Waals surface area contributed by atoms with E-state index in [-0.39, 0.29) is 17.7 Å². The Balaban J connectivity index is 4.40. The summed E-state index contributed by atoms with van der Waals surface area (Å²) in [4.78, 5) is 13.0. The third-order valence-corrected chi connectivity index (χ3v) is 2.77. The highest BCUT2D eigenvalue weighted by Crippen LogP contribution is 2.14. The van der Waals surface area contributed by atoms with Crippen molar-refractivity contribution < 1.29 is 13.6 Å². The van der Waals surface area contributed by atoms with Gasteiger partial charge in [0.2, 0.25) is 5.91 Å². The van der Waals surface area contributed by atoms with E-state index in [9.17, 15) is 13.6 Å². The van der Waals surface area contributed by atoms with E-state index in [1.54, 1.807) is 6.92 Å². The minimum absolute atomic E-state index is 0.174. The molecule has 0 rings (SSSR count). The van der Waals surface area contributed by atoms with Gasteiger partial charge in [0.05, 0.1) is 6.54 Å². The average molecular weight is 286 g/mol. The first-order valence-electron chi connectivity index (χ1n) is 5.03. The van der Waals surface area contributed by atoms with Crippen LogP contribution in [0.5, 0.6) is 0 Å². The SMILES string of the molecule is CC(C)C(C)C(=O)N(CCBr)CC(F)F. The van der Waals surface area contributed by atoms with Crippen molar-refractivity contribution in [3.8, 4) is 0 Å². The Labute approximate surface area is 98.1 Å². The minimum Gasteiger partial charge on any atom is -0.336 e. The predicted molar refractivity (Wildman–Crippen MR) is 60.4 cm³/mol. The molecule has 15 heavy (non-hydrogen) atoms. The topological polar surface area (TPSA) is 20.3 Å². The summed E-state index contributed by atoms with van der Waals surface area (Å²) in [5.74, 6) is -0.222. The van der Waals surface area contributed by atoms with Crippen LogP contribution < -0.4 is 0 Å². The van der Waals surface area contributed by atoms with Gasteiger partial charge in [0.1, 0.15) is 0 Å². The second-order valence-corrected chi connectivity index (χ2v) is 4.69. The number of carbonyl (C=O) groups is 1. The second kappa shape index (κ2) is 7.14. The molecule has 0 N–H and O–H groups in total. The lowest BCUT2D eigenvalue weighted by Crippen LogP contribution is -2.41. The molecule has 1 atom stereocenters. The van der Waals surface area contributed by atoms with Crippen LogP contribution in [-0.4, -0.2) is 35.7 Å². The van der Waals surface area contributed by atoms with E-state index >= 15 is 0 Å². The summed E-state index contributed by atoms with van der Waals surface area (Å²) in [6.07, 6.45) is -2.47. The zero-order valence-electron chi connectivity index (χ0n) is 9.34. The molecule has 0 aromatic rings. The molecule has 0 radical (unpaired) electrons. The van der Waals surface area contributed by atoms with Crippen molar-refractivity contribution in [2.45, 2.75) is 27.2 Å². The van der Waals surface area contributed by atoms with E-state index in [0.29, 0.717) is 11.9 Å². The highest BCUT2D eigenvalue weighted by molar-refractivity contribution is 9.09. The van der Waals surface area contributed by atoms with Gasteiger partial charge in [-0.05, 0) is 5.92 Å². The van der Waals surface area contributed by atoms with Crippen molar-refractivity contribution in [2.75, 3.05) is 18.4 Å². The first-order valence-corrected chi connectivity index (χ1v) is 6.15. The van der Waals surface area contributed by atoms with Crippen molar-refractivity contribution in [1.82, 2.24) is 4.90 Å². The number of hydrogen-bond donors (Lipinski definition) is 0. The van der Waals surface area contributed by atoms with Gasteiger partial charge < -0.3 is 4.90 Å². The normalized spacial score (nSPS) is 13.3. The first kappa shape index (κ1) is 14.8. The van der Waals surface area contributed by atoms with E-state index in [2.05, 4.69) is 15.9 Å². The van der Waals surface area contributed by atoms with E-state index < -0.39 is 13.0 Å². The van der Waals surface area contributed by atoms with Crippen LogP contribution in [0.2, 0.25) is 0 Å². The molecule has 0 aliphatic carbocycles. The van der Waals surface area contributed by atoms with Crippen LogP contribution in [0.3, 0.4) is 0 Å². The van der Waals surface area contributed by atoms with Gasteiger partial charge in [-0.25, -0.2) is 8.78 Å². The lowest BCUT2D eigenvalue weighted by Gasteiger charge is -2.26. The van der Waals surface area contributed by atoms with E-state index in [0.717, 1.165) is 0 Å². The van der Waals surface area contributed by atoms with Crippen LogP contribution in [0.1, 0.15) is 20.8 Å². The van der Waals surface area contributed by atoms with Gasteiger partial charge in [-0.15, -0.1) is 0 Å². The van der Waals surface area contributed by atoms with Gasteiger partial charge in [-0.1, -0.05) is 36.7 Å². The maximum absolute atomic E-state index is 12.2. The number of nitrogens with zero attached hydrogens (tertiary/aromatic N) is 1. The Morgan fingerprint density at radius 3 is 2.20 bits per heavy atom. The van der Waals surface area contributed by atoms with Gasteiger partial charge in [0, 0.05) is 17.8 Å². The molecule has 0 saturated heterocycles. The highest BCUT2D eigenvalue weighted by Gasteiger charge is 2.24. The third kappa shape index (κ3) is 5.44. The summed E-state index contributed by atoms with van der Waals surface area (Å²) in [6.45, 7) is 5.47. The van der Waals surface area contributed by atoms with Gasteiger partial charge in [-0.2, -0.15) is 0 Å². The number of hydrogen-bond acceptors (Lipinski definition) is 1. The second-order valence-electron chi connectivity index (χ2n) is 3.90. The largest absolute Gasteiger partial charge is 0.336 e. The van der Waals surface area contributed by atoms with Crippen LogP contribution in [0.4, 0.5) is 8.78 Å². The zero-order valence-corrected chi connectivity index (χ0v) is 10.9. The molecule has 0 saturated carbocycles. The first-order chi connectivity index (χ1) is 6.90. The Morgan fingerprint density at radius 2 is 1.87 bits per heavy atom. The lowest BCUT2D eigenvalue weighted by molar-refractivity contribution is -0.137. The van der Waals surface area contributed by atoms with E-state index in [4.69, 9.17) is 0 Å². The predicted octanol–water partition coefficient (Wildman–Crippen LogP) is 2.77. The molecule has 0 fully saturated rings. The zero-order chi connectivity index (χ0) is 12.0. The molecule has 0 aromatic carbocycles. The fourth-order valence-electron chi connectivity index (χ4n) is 1.13. The van der Waals surface area contributed by atoms with Gasteiger partial charge >= 0.3 is 0 Å². The van der Waals surface area contributed by atoms with Crippen LogP contribution in [0, 0.1) is 11.8 Å². The molecule has 0 heterocycles. The molecule has 0 bridgehead atoms. The summed E-state index contributed by atoms with van der Waals surface area (Å²) in [6, 6.07) is 0. The number of halogens is 3. The number of carbonyl (C=O) groups excluding carboxylic acids is 1. The smallest absolute Gasteiger partial charge is 0.255 e. The van der Waals surface area contributed by atoms with Gasteiger partial charge in [0.15, 0.2) is 0 Å². The summed E-state index contributed by atoms with van der Waals surface area (Å²) in [7, 11) is 0. The van der Waals surface area contributed by atoms with Crippen LogP contribution in [-0.2, 0) is 4.79 Å². The van der Waals surface area contributed by atoms with Gasteiger partial charge in [0.25, 0.3) is 6.43 Å². The summed E-state index contributed by atoms with van der Waals surface area (Å²) < 4.78 is 24.4. The Kier molecular flexibility index (Phi) is 7.05. The molecule has 0 spiro atoms. The summed E-state index contributed by atoms with van der Waals surface area (Å²) >= 11 is 3.16. The fourth-order valence-corrected chi connectivity index (χ4v) is 1.56. The van der Waals surface area contributed by atoms with E-state index in [1.807, 2.05) is 13.8 Å². The molecule has 0 aromatic heterocycles. The fraction of sp³-hybridized carbons (Fsp3) is 0.900. The summed E-state index contributed by atoms with van der Waals surface area (Å²) in [5.41, 5.74) is 0. The van der Waals surface area contributed by atoms with Crippen molar-refractivity contribution in [1.29, 1.82) is 0 Å². The third-order valence-electron chi connectivity index (χ3n) is 2.41. The van der Waals surface area contributed by atoms with Crippen LogP contribution >= 0.6 is 15.9 Å². The quantitative estimate of drug-likeness (QED) is 0.688. The monoisotopic (exact) mass is 285 g/mol. The Hall–Kier alpha value is -0.190. The maximum atomic E-state index is 12.2. The molecular weight excluding hydrogens is 268 g/mol. The highest BCUT2D eigenvalue weighted by atomic mass is 79.9. The molecular formula is C10H18BrF2NO. The molecule has 0 aliphatic heterocycles. The average Bonchev–Trinajstić information content (AvgIpc) is 2.14. The van der Waals surface area contributed by atoms with Crippen LogP contribution in [0.15, 0.2) is 0 Å². The molecule has 1 amide bonds. The number of rotatable bonds is 6. The maximum Gasteiger partial charge on any atom is 0.255 e. The van der Waals surface area contributed by atoms with E-state index in [1.165, 1.54) is 4.90 Å². The van der Waals surface area contributed by atoms with Crippen molar-refractivity contribution >= 4 is 21.8 Å².